The molecule has 114 valence electrons. The first-order valence-corrected chi connectivity index (χ1v) is 8.59. The van der Waals surface area contributed by atoms with Crippen LogP contribution in [-0.4, -0.2) is 34.7 Å². The first kappa shape index (κ1) is 14.3. The zero-order chi connectivity index (χ0) is 15.2. The van der Waals surface area contributed by atoms with Gasteiger partial charge in [-0.1, -0.05) is 6.07 Å². The van der Waals surface area contributed by atoms with E-state index in [9.17, 15) is 8.42 Å². The maximum absolute atomic E-state index is 13.0. The van der Waals surface area contributed by atoms with Gasteiger partial charge in [-0.3, -0.25) is 4.40 Å². The van der Waals surface area contributed by atoms with E-state index in [0.717, 1.165) is 12.8 Å². The highest BCUT2D eigenvalue weighted by atomic mass is 32.2. The van der Waals surface area contributed by atoms with Crippen LogP contribution in [0.3, 0.4) is 0 Å². The van der Waals surface area contributed by atoms with Crippen molar-refractivity contribution in [3.8, 4) is 0 Å². The number of fused-ring (bicyclic) bond motifs is 1. The first-order valence-electron chi connectivity index (χ1n) is 7.15. The third-order valence-corrected chi connectivity index (χ3v) is 5.86. The summed E-state index contributed by atoms with van der Waals surface area (Å²) in [6.45, 7) is 4.33. The molecule has 0 amide bonds. The molecule has 0 aromatic carbocycles. The van der Waals surface area contributed by atoms with Crippen LogP contribution in [0.25, 0.3) is 5.65 Å². The van der Waals surface area contributed by atoms with E-state index in [2.05, 4.69) is 4.98 Å². The van der Waals surface area contributed by atoms with Gasteiger partial charge in [-0.25, -0.2) is 13.4 Å². The lowest BCUT2D eigenvalue weighted by Crippen LogP contribution is -2.39. The Kier molecular flexibility index (Phi) is 3.41. The van der Waals surface area contributed by atoms with Gasteiger partial charge in [0.05, 0.1) is 0 Å². The Hall–Kier alpha value is -1.60. The quantitative estimate of drug-likeness (QED) is 0.912. The lowest BCUT2D eigenvalue weighted by Gasteiger charge is -2.25. The van der Waals surface area contributed by atoms with Gasteiger partial charge in [-0.15, -0.1) is 0 Å². The highest BCUT2D eigenvalue weighted by Gasteiger charge is 2.36. The minimum absolute atomic E-state index is 0.0580. The molecule has 0 saturated heterocycles. The van der Waals surface area contributed by atoms with Crippen molar-refractivity contribution in [2.75, 3.05) is 12.3 Å². The molecule has 0 spiro atoms. The number of hydrogen-bond acceptors (Lipinski definition) is 4. The van der Waals surface area contributed by atoms with E-state index in [-0.39, 0.29) is 16.9 Å². The van der Waals surface area contributed by atoms with Crippen LogP contribution in [-0.2, 0) is 10.0 Å². The molecular weight excluding hydrogens is 288 g/mol. The second-order valence-electron chi connectivity index (χ2n) is 5.84. The highest BCUT2D eigenvalue weighted by molar-refractivity contribution is 7.89. The van der Waals surface area contributed by atoms with Crippen molar-refractivity contribution in [3.63, 3.8) is 0 Å². The number of nitrogens with two attached hydrogens (primary N) is 1. The van der Waals surface area contributed by atoms with Crippen molar-refractivity contribution in [3.05, 3.63) is 24.4 Å². The van der Waals surface area contributed by atoms with Crippen LogP contribution < -0.4 is 5.73 Å². The summed E-state index contributed by atoms with van der Waals surface area (Å²) in [5.74, 6) is 0.533. The van der Waals surface area contributed by atoms with Crippen LogP contribution in [0.15, 0.2) is 29.4 Å². The van der Waals surface area contributed by atoms with Gasteiger partial charge >= 0.3 is 0 Å². The SMILES string of the molecule is CC(C)N(CC1CC1)S(=O)(=O)c1c(N)nc2ccccn12. The standard InChI is InChI=1S/C14H20N4O2S/c1-10(2)18(9-11-6-7-11)21(19,20)14-13(15)16-12-5-3-4-8-17(12)14/h3-5,8,10-11H,6-7,9,15H2,1-2H3. The smallest absolute Gasteiger partial charge is 0.263 e. The summed E-state index contributed by atoms with van der Waals surface area (Å²) >= 11 is 0. The fourth-order valence-corrected chi connectivity index (χ4v) is 4.40. The third-order valence-electron chi connectivity index (χ3n) is 3.78. The largest absolute Gasteiger partial charge is 0.381 e. The predicted octanol–water partition coefficient (Wildman–Crippen LogP) is 1.73. The number of anilines is 1. The average molecular weight is 308 g/mol. The highest BCUT2D eigenvalue weighted by Crippen LogP contribution is 2.33. The summed E-state index contributed by atoms with van der Waals surface area (Å²) in [6.07, 6.45) is 3.88. The van der Waals surface area contributed by atoms with Gasteiger partial charge in [0.1, 0.15) is 5.65 Å². The summed E-state index contributed by atoms with van der Waals surface area (Å²) in [7, 11) is -3.66. The van der Waals surface area contributed by atoms with Crippen molar-refractivity contribution in [1.82, 2.24) is 13.7 Å². The summed E-state index contributed by atoms with van der Waals surface area (Å²) in [5, 5.41) is 0.0763. The molecule has 2 heterocycles. The van der Waals surface area contributed by atoms with Crippen LogP contribution in [0.4, 0.5) is 5.82 Å². The molecule has 1 aliphatic carbocycles. The molecule has 0 aliphatic heterocycles. The minimum atomic E-state index is -3.66. The van der Waals surface area contributed by atoms with Gasteiger partial charge in [0, 0.05) is 18.8 Å². The summed E-state index contributed by atoms with van der Waals surface area (Å²) in [4.78, 5) is 4.15. The topological polar surface area (TPSA) is 80.7 Å². The van der Waals surface area contributed by atoms with Crippen LogP contribution in [0.1, 0.15) is 26.7 Å². The van der Waals surface area contributed by atoms with Crippen LogP contribution in [0, 0.1) is 5.92 Å². The van der Waals surface area contributed by atoms with Gasteiger partial charge in [0.15, 0.2) is 10.8 Å². The fourth-order valence-electron chi connectivity index (χ4n) is 2.50. The molecule has 2 N–H and O–H groups in total. The zero-order valence-electron chi connectivity index (χ0n) is 12.2. The molecular formula is C14H20N4O2S. The first-order chi connectivity index (χ1) is 9.91. The van der Waals surface area contributed by atoms with Crippen molar-refractivity contribution in [1.29, 1.82) is 0 Å². The van der Waals surface area contributed by atoms with Crippen molar-refractivity contribution in [2.45, 2.75) is 37.8 Å². The van der Waals surface area contributed by atoms with Gasteiger partial charge in [-0.2, -0.15) is 4.31 Å². The number of hydrogen-bond donors (Lipinski definition) is 1. The molecule has 1 fully saturated rings. The fraction of sp³-hybridized carbons (Fsp3) is 0.500. The number of nitrogens with zero attached hydrogens (tertiary/aromatic N) is 3. The van der Waals surface area contributed by atoms with Crippen molar-refractivity contribution in [2.24, 2.45) is 5.92 Å². The number of imidazole rings is 1. The van der Waals surface area contributed by atoms with Gasteiger partial charge in [-0.05, 0) is 44.7 Å². The maximum Gasteiger partial charge on any atom is 0.263 e. The zero-order valence-corrected chi connectivity index (χ0v) is 13.0. The predicted molar refractivity (Wildman–Crippen MR) is 81.4 cm³/mol. The lowest BCUT2D eigenvalue weighted by molar-refractivity contribution is 0.340. The normalized spacial score (nSPS) is 16.2. The second kappa shape index (κ2) is 4.99. The van der Waals surface area contributed by atoms with E-state index in [1.54, 1.807) is 22.7 Å². The molecule has 7 heteroatoms. The van der Waals surface area contributed by atoms with Gasteiger partial charge in [0.25, 0.3) is 10.0 Å². The van der Waals surface area contributed by atoms with E-state index in [1.165, 1.54) is 4.31 Å². The summed E-state index contributed by atoms with van der Waals surface area (Å²) in [5.41, 5.74) is 6.43. The number of sulfonamides is 1. The molecule has 3 rings (SSSR count). The van der Waals surface area contributed by atoms with Crippen LogP contribution in [0.5, 0.6) is 0 Å². The molecule has 21 heavy (non-hydrogen) atoms. The molecule has 0 atom stereocenters. The molecule has 1 saturated carbocycles. The molecule has 0 bridgehead atoms. The molecule has 2 aromatic heterocycles. The Morgan fingerprint density at radius 2 is 2.14 bits per heavy atom. The van der Waals surface area contributed by atoms with E-state index < -0.39 is 10.0 Å². The number of nitrogen functional groups attached to an aromatic ring is 1. The summed E-state index contributed by atoms with van der Waals surface area (Å²) < 4.78 is 29.1. The molecule has 0 unspecified atom stereocenters. The van der Waals surface area contributed by atoms with E-state index in [4.69, 9.17) is 5.73 Å². The van der Waals surface area contributed by atoms with Gasteiger partial charge < -0.3 is 5.73 Å². The Morgan fingerprint density at radius 3 is 2.76 bits per heavy atom. The number of rotatable bonds is 5. The van der Waals surface area contributed by atoms with Gasteiger partial charge in [0.2, 0.25) is 0 Å². The van der Waals surface area contributed by atoms with Crippen LogP contribution >= 0.6 is 0 Å². The van der Waals surface area contributed by atoms with Crippen molar-refractivity contribution < 1.29 is 8.42 Å². The Labute approximate surface area is 124 Å². The second-order valence-corrected chi connectivity index (χ2v) is 7.65. The minimum Gasteiger partial charge on any atom is -0.381 e. The van der Waals surface area contributed by atoms with Crippen molar-refractivity contribution >= 4 is 21.5 Å². The Morgan fingerprint density at radius 1 is 1.43 bits per heavy atom. The average Bonchev–Trinajstić information content (AvgIpc) is 3.15. The summed E-state index contributed by atoms with van der Waals surface area (Å²) in [6, 6.07) is 5.22. The maximum atomic E-state index is 13.0. The molecule has 0 radical (unpaired) electrons. The lowest BCUT2D eigenvalue weighted by atomic mass is 10.3. The van der Waals surface area contributed by atoms with E-state index >= 15 is 0 Å². The Balaban J connectivity index is 2.12. The van der Waals surface area contributed by atoms with Crippen LogP contribution in [0.2, 0.25) is 0 Å². The van der Waals surface area contributed by atoms with E-state index in [0.29, 0.717) is 18.1 Å². The molecule has 1 aliphatic rings. The molecule has 6 nitrogen and oxygen atoms in total. The molecule has 2 aromatic rings. The monoisotopic (exact) mass is 308 g/mol. The van der Waals surface area contributed by atoms with E-state index in [1.807, 2.05) is 19.9 Å². The number of pyridine rings is 1. The third kappa shape index (κ3) is 2.51. The Bertz CT molecular complexity index is 762. The number of aromatic nitrogens is 2.